The highest BCUT2D eigenvalue weighted by molar-refractivity contribution is 4.30. The first-order valence-electron chi connectivity index (χ1n) is 2.33. The van der Waals surface area contributed by atoms with Crippen molar-refractivity contribution >= 4 is 0 Å². The van der Waals surface area contributed by atoms with Gasteiger partial charge in [0.15, 0.2) is 0 Å². The lowest BCUT2D eigenvalue weighted by atomic mass is 10.3. The molecule has 0 aromatic carbocycles. The number of aliphatic hydroxyl groups excluding tert-OH is 2. The molecule has 0 aromatic heterocycles. The molecule has 0 fully saturated rings. The molecule has 48 valence electrons. The van der Waals surface area contributed by atoms with Crippen LogP contribution in [0, 0.1) is 10.8 Å². The highest BCUT2D eigenvalue weighted by Crippen LogP contribution is 1.80. The average Bonchev–Trinajstić information content (AvgIpc) is 1.88. The van der Waals surface area contributed by atoms with E-state index in [0.717, 1.165) is 12.8 Å². The smallest absolute Gasteiger partial charge is 0.0431 e. The van der Waals surface area contributed by atoms with E-state index in [1.807, 2.05) is 0 Å². The number of nitrogens with zero attached hydrogens (tertiary/aromatic N) is 2. The van der Waals surface area contributed by atoms with E-state index >= 15 is 0 Å². The van der Waals surface area contributed by atoms with Crippen molar-refractivity contribution < 1.29 is 10.2 Å². The molecule has 0 heterocycles. The van der Waals surface area contributed by atoms with Gasteiger partial charge in [-0.15, -0.1) is 0 Å². The van der Waals surface area contributed by atoms with Gasteiger partial charge in [0.1, 0.15) is 0 Å². The normalized spacial score (nSPS) is 7.00. The third kappa shape index (κ3) is 18.4. The largest absolute Gasteiger partial charge is 0.396 e. The SMILES string of the molecule is N#N.OCCCCO. The molecule has 0 rings (SSSR count). The fourth-order valence-corrected chi connectivity index (χ4v) is 0.224. The predicted octanol–water partition coefficient (Wildman–Crippen LogP) is -0.219. The molecular weight excluding hydrogens is 108 g/mol. The van der Waals surface area contributed by atoms with Crippen molar-refractivity contribution in [1.82, 2.24) is 0 Å². The van der Waals surface area contributed by atoms with Gasteiger partial charge in [0.2, 0.25) is 0 Å². The molecule has 0 aliphatic heterocycles. The van der Waals surface area contributed by atoms with Crippen LogP contribution in [0.25, 0.3) is 0 Å². The van der Waals surface area contributed by atoms with Crippen molar-refractivity contribution in [2.75, 3.05) is 13.2 Å². The van der Waals surface area contributed by atoms with E-state index in [9.17, 15) is 0 Å². The second kappa shape index (κ2) is 16.2. The molecule has 0 saturated heterocycles. The maximum Gasteiger partial charge on any atom is 0.0431 e. The summed E-state index contributed by atoms with van der Waals surface area (Å²) in [4.78, 5) is 0. The number of hydrogen-bond acceptors (Lipinski definition) is 4. The molecule has 0 saturated carbocycles. The summed E-state index contributed by atoms with van der Waals surface area (Å²) in [5.74, 6) is 0. The summed E-state index contributed by atoms with van der Waals surface area (Å²) < 4.78 is 0. The standard InChI is InChI=1S/C4H10O2.N2/c5-3-1-2-4-6;1-2/h5-6H,1-4H2;. The van der Waals surface area contributed by atoms with E-state index in [1.54, 1.807) is 0 Å². The third-order valence-corrected chi connectivity index (χ3v) is 0.566. The molecule has 8 heavy (non-hydrogen) atoms. The fourth-order valence-electron chi connectivity index (χ4n) is 0.224. The van der Waals surface area contributed by atoms with Gasteiger partial charge >= 0.3 is 0 Å². The van der Waals surface area contributed by atoms with Gasteiger partial charge in [0, 0.05) is 24.0 Å². The first-order chi connectivity index (χ1) is 3.91. The molecule has 0 atom stereocenters. The molecule has 2 N–H and O–H groups in total. The van der Waals surface area contributed by atoms with E-state index in [1.165, 1.54) is 0 Å². The summed E-state index contributed by atoms with van der Waals surface area (Å²) in [5, 5.41) is 28.2. The van der Waals surface area contributed by atoms with E-state index in [-0.39, 0.29) is 13.2 Å². The van der Waals surface area contributed by atoms with Crippen LogP contribution in [0.1, 0.15) is 12.8 Å². The number of rotatable bonds is 3. The summed E-state index contributed by atoms with van der Waals surface area (Å²) >= 11 is 0. The minimum atomic E-state index is 0.195. The molecule has 0 aromatic rings. The molecule has 4 nitrogen and oxygen atoms in total. The number of aliphatic hydroxyl groups is 2. The van der Waals surface area contributed by atoms with E-state index in [4.69, 9.17) is 21.0 Å². The zero-order valence-electron chi connectivity index (χ0n) is 4.62. The zero-order chi connectivity index (χ0) is 6.83. The topological polar surface area (TPSA) is 88.0 Å². The van der Waals surface area contributed by atoms with Gasteiger partial charge in [0.25, 0.3) is 0 Å². The Hall–Kier alpha value is -0.660. The highest BCUT2D eigenvalue weighted by atomic mass is 16.3. The molecule has 0 aliphatic rings. The van der Waals surface area contributed by atoms with Crippen molar-refractivity contribution in [3.05, 3.63) is 0 Å². The maximum absolute atomic E-state index is 8.09. The second-order valence-corrected chi connectivity index (χ2v) is 1.15. The van der Waals surface area contributed by atoms with Gasteiger partial charge in [0.05, 0.1) is 0 Å². The van der Waals surface area contributed by atoms with Crippen LogP contribution < -0.4 is 0 Å². The quantitative estimate of drug-likeness (QED) is 0.396. The first-order valence-corrected chi connectivity index (χ1v) is 2.33. The van der Waals surface area contributed by atoms with Gasteiger partial charge in [-0.1, -0.05) is 0 Å². The Labute approximate surface area is 48.2 Å². The van der Waals surface area contributed by atoms with Crippen molar-refractivity contribution in [2.45, 2.75) is 12.8 Å². The lowest BCUT2D eigenvalue weighted by Crippen LogP contribution is -1.85. The Balaban J connectivity index is 0. The Morgan fingerprint density at radius 1 is 0.875 bits per heavy atom. The van der Waals surface area contributed by atoms with Crippen LogP contribution in [-0.2, 0) is 0 Å². The van der Waals surface area contributed by atoms with E-state index in [0.29, 0.717) is 0 Å². The monoisotopic (exact) mass is 118 g/mol. The van der Waals surface area contributed by atoms with Crippen LogP contribution >= 0.6 is 0 Å². The first kappa shape index (κ1) is 10.3. The lowest BCUT2D eigenvalue weighted by Gasteiger charge is -1.85. The van der Waals surface area contributed by atoms with E-state index in [2.05, 4.69) is 0 Å². The predicted molar refractivity (Wildman–Crippen MR) is 26.9 cm³/mol. The minimum absolute atomic E-state index is 0.195. The van der Waals surface area contributed by atoms with Crippen LogP contribution in [0.3, 0.4) is 0 Å². The maximum atomic E-state index is 8.09. The van der Waals surface area contributed by atoms with Gasteiger partial charge in [-0.05, 0) is 12.8 Å². The molecule has 0 amide bonds. The van der Waals surface area contributed by atoms with Crippen molar-refractivity contribution in [3.63, 3.8) is 0 Å². The number of hydrogen-bond donors (Lipinski definition) is 2. The van der Waals surface area contributed by atoms with Crippen LogP contribution in [-0.4, -0.2) is 23.4 Å². The van der Waals surface area contributed by atoms with Gasteiger partial charge in [-0.3, -0.25) is 0 Å². The van der Waals surface area contributed by atoms with E-state index < -0.39 is 0 Å². The van der Waals surface area contributed by atoms with Crippen molar-refractivity contribution in [3.8, 4) is 0 Å². The minimum Gasteiger partial charge on any atom is -0.396 e. The van der Waals surface area contributed by atoms with Crippen LogP contribution in [0.5, 0.6) is 0 Å². The summed E-state index contributed by atoms with van der Waals surface area (Å²) in [6.45, 7) is 0.390. The van der Waals surface area contributed by atoms with Gasteiger partial charge in [-0.2, -0.15) is 0 Å². The van der Waals surface area contributed by atoms with Crippen molar-refractivity contribution in [2.24, 2.45) is 0 Å². The van der Waals surface area contributed by atoms with Crippen LogP contribution in [0.15, 0.2) is 0 Å². The Bertz CT molecular complexity index is 42.5. The fraction of sp³-hybridized carbons (Fsp3) is 1.00. The second-order valence-electron chi connectivity index (χ2n) is 1.15. The molecule has 0 radical (unpaired) electrons. The zero-order valence-corrected chi connectivity index (χ0v) is 4.62. The number of unbranched alkanes of at least 4 members (excludes halogenated alkanes) is 1. The third-order valence-electron chi connectivity index (χ3n) is 0.566. The summed E-state index contributed by atoms with van der Waals surface area (Å²) in [5.41, 5.74) is 0. The molecular formula is C4H10N2O2. The molecule has 0 bridgehead atoms. The van der Waals surface area contributed by atoms with Crippen LogP contribution in [0.2, 0.25) is 0 Å². The van der Waals surface area contributed by atoms with Gasteiger partial charge in [-0.25, -0.2) is 0 Å². The summed E-state index contributed by atoms with van der Waals surface area (Å²) in [6.07, 6.45) is 1.44. The molecule has 0 unspecified atom stereocenters. The Kier molecular flexibility index (Phi) is 21.0. The van der Waals surface area contributed by atoms with Gasteiger partial charge < -0.3 is 10.2 Å². The lowest BCUT2D eigenvalue weighted by molar-refractivity contribution is 0.242. The average molecular weight is 118 g/mol. The molecule has 4 heteroatoms. The highest BCUT2D eigenvalue weighted by Gasteiger charge is 1.77. The van der Waals surface area contributed by atoms with Crippen LogP contribution in [0.4, 0.5) is 0 Å². The summed E-state index contributed by atoms with van der Waals surface area (Å²) in [7, 11) is 0. The Morgan fingerprint density at radius 3 is 1.25 bits per heavy atom. The van der Waals surface area contributed by atoms with Crippen molar-refractivity contribution in [1.29, 1.82) is 10.8 Å². The summed E-state index contributed by atoms with van der Waals surface area (Å²) in [6, 6.07) is 0. The Morgan fingerprint density at radius 2 is 1.12 bits per heavy atom. The molecule has 0 spiro atoms. The molecule has 0 aliphatic carbocycles.